The van der Waals surface area contributed by atoms with E-state index in [1.165, 1.54) is 18.4 Å². The second-order valence-corrected chi connectivity index (χ2v) is 4.61. The van der Waals surface area contributed by atoms with Crippen LogP contribution in [0.1, 0.15) is 18.4 Å². The Hall–Kier alpha value is -0.730. The van der Waals surface area contributed by atoms with Crippen molar-refractivity contribution in [3.8, 4) is 5.75 Å². The molecule has 0 aliphatic carbocycles. The van der Waals surface area contributed by atoms with Crippen LogP contribution in [0.3, 0.4) is 0 Å². The molecule has 1 unspecified atom stereocenters. The molecule has 0 radical (unpaired) electrons. The van der Waals surface area contributed by atoms with Gasteiger partial charge in [-0.2, -0.15) is 0 Å². The Bertz CT molecular complexity index is 334. The Balaban J connectivity index is 2.00. The smallest absolute Gasteiger partial charge is 0.134 e. The maximum Gasteiger partial charge on any atom is 0.134 e. The van der Waals surface area contributed by atoms with Crippen LogP contribution >= 0.6 is 11.6 Å². The highest BCUT2D eigenvalue weighted by atomic mass is 35.5. The Morgan fingerprint density at radius 2 is 2.33 bits per heavy atom. The normalized spacial score (nSPS) is 21.5. The zero-order valence-corrected chi connectivity index (χ0v) is 9.43. The first kappa shape index (κ1) is 10.8. The zero-order valence-electron chi connectivity index (χ0n) is 8.67. The molecule has 0 spiro atoms. The Labute approximate surface area is 95.3 Å². The van der Waals surface area contributed by atoms with Gasteiger partial charge < -0.3 is 10.4 Å². The lowest BCUT2D eigenvalue weighted by molar-refractivity contribution is 0.375. The van der Waals surface area contributed by atoms with Gasteiger partial charge in [0, 0.05) is 0 Å². The van der Waals surface area contributed by atoms with Gasteiger partial charge in [0.15, 0.2) is 0 Å². The molecule has 1 aromatic rings. The number of nitrogens with one attached hydrogen (secondary N) is 1. The second kappa shape index (κ2) is 4.86. The van der Waals surface area contributed by atoms with Gasteiger partial charge in [-0.25, -0.2) is 0 Å². The monoisotopic (exact) mass is 225 g/mol. The number of hydrogen-bond donors (Lipinski definition) is 2. The fraction of sp³-hybridized carbons (Fsp3) is 0.500. The van der Waals surface area contributed by atoms with Gasteiger partial charge in [-0.1, -0.05) is 17.7 Å². The fourth-order valence-corrected chi connectivity index (χ4v) is 2.23. The van der Waals surface area contributed by atoms with Gasteiger partial charge in [0.1, 0.15) is 5.75 Å². The van der Waals surface area contributed by atoms with Crippen molar-refractivity contribution in [3.05, 3.63) is 28.8 Å². The highest BCUT2D eigenvalue weighted by Crippen LogP contribution is 2.26. The van der Waals surface area contributed by atoms with Crippen LogP contribution in [-0.2, 0) is 6.42 Å². The summed E-state index contributed by atoms with van der Waals surface area (Å²) < 4.78 is 0. The molecule has 2 N–H and O–H groups in total. The summed E-state index contributed by atoms with van der Waals surface area (Å²) in [6, 6.07) is 5.54. The number of phenolic OH excluding ortho intramolecular Hbond substituents is 1. The molecule has 1 atom stereocenters. The predicted octanol–water partition coefficient (Wildman–Crippen LogP) is 2.59. The van der Waals surface area contributed by atoms with E-state index in [0.29, 0.717) is 10.9 Å². The Kier molecular flexibility index (Phi) is 3.49. The van der Waals surface area contributed by atoms with E-state index >= 15 is 0 Å². The van der Waals surface area contributed by atoms with E-state index in [2.05, 4.69) is 5.32 Å². The maximum atomic E-state index is 9.48. The first-order valence-electron chi connectivity index (χ1n) is 5.44. The van der Waals surface area contributed by atoms with Crippen LogP contribution in [0, 0.1) is 5.92 Å². The molecule has 0 saturated carbocycles. The van der Waals surface area contributed by atoms with Gasteiger partial charge in [-0.3, -0.25) is 0 Å². The van der Waals surface area contributed by atoms with E-state index in [4.69, 9.17) is 11.6 Å². The number of rotatable bonds is 2. The van der Waals surface area contributed by atoms with Crippen molar-refractivity contribution >= 4 is 11.6 Å². The summed E-state index contributed by atoms with van der Waals surface area (Å²) in [6.45, 7) is 2.23. The van der Waals surface area contributed by atoms with E-state index in [1.807, 2.05) is 6.07 Å². The summed E-state index contributed by atoms with van der Waals surface area (Å²) in [4.78, 5) is 0. The Morgan fingerprint density at radius 1 is 1.47 bits per heavy atom. The van der Waals surface area contributed by atoms with Gasteiger partial charge in [0.2, 0.25) is 0 Å². The zero-order chi connectivity index (χ0) is 10.7. The van der Waals surface area contributed by atoms with Crippen LogP contribution in [-0.4, -0.2) is 18.2 Å². The molecule has 15 heavy (non-hydrogen) atoms. The van der Waals surface area contributed by atoms with Crippen LogP contribution in [0.5, 0.6) is 5.75 Å². The third kappa shape index (κ3) is 2.86. The third-order valence-electron chi connectivity index (χ3n) is 2.93. The predicted molar refractivity (Wildman–Crippen MR) is 62.4 cm³/mol. The molecule has 1 aromatic carbocycles. The van der Waals surface area contributed by atoms with Crippen LogP contribution in [0.2, 0.25) is 5.02 Å². The number of benzene rings is 1. The average molecular weight is 226 g/mol. The number of piperidine rings is 1. The standard InChI is InChI=1S/C12H16ClNO/c13-11-4-3-9(7-12(11)15)6-10-2-1-5-14-8-10/h3-4,7,10,14-15H,1-2,5-6,8H2. The molecule has 2 rings (SSSR count). The number of phenols is 1. The first-order valence-corrected chi connectivity index (χ1v) is 5.81. The lowest BCUT2D eigenvalue weighted by Gasteiger charge is -2.22. The highest BCUT2D eigenvalue weighted by Gasteiger charge is 2.13. The largest absolute Gasteiger partial charge is 0.506 e. The minimum atomic E-state index is 0.193. The molecule has 1 heterocycles. The SMILES string of the molecule is Oc1cc(CC2CCCNC2)ccc1Cl. The molecule has 0 amide bonds. The lowest BCUT2D eigenvalue weighted by atomic mass is 9.92. The summed E-state index contributed by atoms with van der Waals surface area (Å²) >= 11 is 5.76. The lowest BCUT2D eigenvalue weighted by Crippen LogP contribution is -2.30. The first-order chi connectivity index (χ1) is 7.25. The van der Waals surface area contributed by atoms with E-state index in [0.717, 1.165) is 19.5 Å². The minimum Gasteiger partial charge on any atom is -0.506 e. The van der Waals surface area contributed by atoms with Gasteiger partial charge in [0.25, 0.3) is 0 Å². The van der Waals surface area contributed by atoms with Gasteiger partial charge in [0.05, 0.1) is 5.02 Å². The van der Waals surface area contributed by atoms with Crippen molar-refractivity contribution < 1.29 is 5.11 Å². The second-order valence-electron chi connectivity index (χ2n) is 4.20. The minimum absolute atomic E-state index is 0.193. The average Bonchev–Trinajstić information content (AvgIpc) is 2.25. The summed E-state index contributed by atoms with van der Waals surface area (Å²) in [7, 11) is 0. The van der Waals surface area contributed by atoms with Gasteiger partial charge in [-0.15, -0.1) is 0 Å². The summed E-state index contributed by atoms with van der Waals surface area (Å²) in [5.74, 6) is 0.886. The molecule has 0 aromatic heterocycles. The fourth-order valence-electron chi connectivity index (χ4n) is 2.12. The van der Waals surface area contributed by atoms with Gasteiger partial charge >= 0.3 is 0 Å². The maximum absolute atomic E-state index is 9.48. The van der Waals surface area contributed by atoms with Crippen molar-refractivity contribution in [2.45, 2.75) is 19.3 Å². The number of halogens is 1. The summed E-state index contributed by atoms with van der Waals surface area (Å²) in [6.07, 6.45) is 3.55. The van der Waals surface area contributed by atoms with Gasteiger partial charge in [-0.05, 0) is 56.0 Å². The van der Waals surface area contributed by atoms with Crippen molar-refractivity contribution in [1.29, 1.82) is 0 Å². The third-order valence-corrected chi connectivity index (χ3v) is 3.25. The molecule has 1 fully saturated rings. The van der Waals surface area contributed by atoms with Crippen LogP contribution in [0.15, 0.2) is 18.2 Å². The molecule has 2 nitrogen and oxygen atoms in total. The van der Waals surface area contributed by atoms with Crippen molar-refractivity contribution in [2.75, 3.05) is 13.1 Å². The highest BCUT2D eigenvalue weighted by molar-refractivity contribution is 6.31. The van der Waals surface area contributed by atoms with E-state index in [-0.39, 0.29) is 5.75 Å². The molecule has 1 saturated heterocycles. The number of hydrogen-bond acceptors (Lipinski definition) is 2. The topological polar surface area (TPSA) is 32.3 Å². The molecule has 3 heteroatoms. The summed E-state index contributed by atoms with van der Waals surface area (Å²) in [5, 5.41) is 13.3. The van der Waals surface area contributed by atoms with Crippen molar-refractivity contribution in [1.82, 2.24) is 5.32 Å². The molecule has 1 aliphatic rings. The molecule has 82 valence electrons. The quantitative estimate of drug-likeness (QED) is 0.811. The molecule has 1 aliphatic heterocycles. The van der Waals surface area contributed by atoms with Crippen molar-refractivity contribution in [3.63, 3.8) is 0 Å². The van der Waals surface area contributed by atoms with Crippen LogP contribution < -0.4 is 5.32 Å². The van der Waals surface area contributed by atoms with Crippen LogP contribution in [0.4, 0.5) is 0 Å². The van der Waals surface area contributed by atoms with E-state index in [9.17, 15) is 5.11 Å². The molecular weight excluding hydrogens is 210 g/mol. The Morgan fingerprint density at radius 3 is 3.00 bits per heavy atom. The molecule has 0 bridgehead atoms. The van der Waals surface area contributed by atoms with E-state index in [1.54, 1.807) is 12.1 Å². The van der Waals surface area contributed by atoms with Crippen molar-refractivity contribution in [2.24, 2.45) is 5.92 Å². The van der Waals surface area contributed by atoms with Crippen LogP contribution in [0.25, 0.3) is 0 Å². The number of aromatic hydroxyl groups is 1. The summed E-state index contributed by atoms with van der Waals surface area (Å²) in [5.41, 5.74) is 1.17. The van der Waals surface area contributed by atoms with E-state index < -0.39 is 0 Å². The molecular formula is C12H16ClNO.